The molecule has 3 aromatic rings. The maximum atomic E-state index is 12.8. The Labute approximate surface area is 204 Å². The summed E-state index contributed by atoms with van der Waals surface area (Å²) in [4.78, 5) is 30.8. The summed E-state index contributed by atoms with van der Waals surface area (Å²) >= 11 is 6.12. The van der Waals surface area contributed by atoms with E-state index in [1.165, 1.54) is 0 Å². The Bertz CT molecular complexity index is 1150. The zero-order valence-corrected chi connectivity index (χ0v) is 19.9. The van der Waals surface area contributed by atoms with Crippen molar-refractivity contribution in [2.24, 2.45) is 5.92 Å². The SMILES string of the molecule is O=C(NCCN1CCOCC1)C1CCN(c2nc(-c3ccnc(Cl)c3)cc3cnccc23)CC1. The second-order valence-electron chi connectivity index (χ2n) is 8.80. The second-order valence-corrected chi connectivity index (χ2v) is 9.19. The van der Waals surface area contributed by atoms with E-state index in [1.807, 2.05) is 30.5 Å². The maximum absolute atomic E-state index is 12.8. The summed E-state index contributed by atoms with van der Waals surface area (Å²) in [6, 6.07) is 7.77. The molecule has 0 unspecified atom stereocenters. The molecule has 0 bridgehead atoms. The highest BCUT2D eigenvalue weighted by Gasteiger charge is 2.27. The van der Waals surface area contributed by atoms with Crippen molar-refractivity contribution in [3.8, 4) is 11.3 Å². The van der Waals surface area contributed by atoms with Crippen LogP contribution >= 0.6 is 11.6 Å². The number of rotatable bonds is 6. The fraction of sp³-hybridized carbons (Fsp3) is 0.440. The van der Waals surface area contributed by atoms with Crippen molar-refractivity contribution in [3.05, 3.63) is 48.0 Å². The van der Waals surface area contributed by atoms with Gasteiger partial charge in [-0.05, 0) is 37.1 Å². The number of hydrogen-bond acceptors (Lipinski definition) is 7. The number of piperidine rings is 1. The first-order valence-corrected chi connectivity index (χ1v) is 12.2. The van der Waals surface area contributed by atoms with E-state index < -0.39 is 0 Å². The minimum absolute atomic E-state index is 0.0380. The molecule has 34 heavy (non-hydrogen) atoms. The van der Waals surface area contributed by atoms with Crippen LogP contribution in [0.4, 0.5) is 5.82 Å². The van der Waals surface area contributed by atoms with Gasteiger partial charge in [0.15, 0.2) is 0 Å². The van der Waals surface area contributed by atoms with Crippen LogP contribution in [-0.2, 0) is 9.53 Å². The zero-order valence-electron chi connectivity index (χ0n) is 19.1. The number of ether oxygens (including phenoxy) is 1. The Morgan fingerprint density at radius 3 is 2.74 bits per heavy atom. The van der Waals surface area contributed by atoms with E-state index in [0.29, 0.717) is 11.7 Å². The van der Waals surface area contributed by atoms with E-state index in [4.69, 9.17) is 21.3 Å². The summed E-state index contributed by atoms with van der Waals surface area (Å²) in [7, 11) is 0. The minimum Gasteiger partial charge on any atom is -0.379 e. The summed E-state index contributed by atoms with van der Waals surface area (Å²) < 4.78 is 5.38. The van der Waals surface area contributed by atoms with Gasteiger partial charge >= 0.3 is 0 Å². The smallest absolute Gasteiger partial charge is 0.223 e. The lowest BCUT2D eigenvalue weighted by molar-refractivity contribution is -0.125. The lowest BCUT2D eigenvalue weighted by Gasteiger charge is -2.33. The summed E-state index contributed by atoms with van der Waals surface area (Å²) in [5, 5.41) is 5.66. The van der Waals surface area contributed by atoms with Crippen molar-refractivity contribution in [3.63, 3.8) is 0 Å². The standard InChI is InChI=1S/C25H29ClN6O2/c26-23-16-19(1-6-28-23)22-15-20-17-27-5-2-21(20)24(30-22)32-8-3-18(4-9-32)25(33)29-7-10-31-11-13-34-14-12-31/h1-2,5-6,15-18H,3-4,7-14H2,(H,29,33). The molecule has 0 spiro atoms. The molecule has 9 heteroatoms. The van der Waals surface area contributed by atoms with Gasteiger partial charge in [-0.1, -0.05) is 11.6 Å². The predicted molar refractivity (Wildman–Crippen MR) is 133 cm³/mol. The highest BCUT2D eigenvalue weighted by Crippen LogP contribution is 2.32. The average Bonchev–Trinajstić information content (AvgIpc) is 2.89. The van der Waals surface area contributed by atoms with Gasteiger partial charge in [-0.25, -0.2) is 9.97 Å². The molecule has 2 fully saturated rings. The molecule has 0 aliphatic carbocycles. The van der Waals surface area contributed by atoms with E-state index in [2.05, 4.69) is 25.1 Å². The largest absolute Gasteiger partial charge is 0.379 e. The van der Waals surface area contributed by atoms with Crippen LogP contribution in [-0.4, -0.2) is 78.2 Å². The van der Waals surface area contributed by atoms with E-state index >= 15 is 0 Å². The van der Waals surface area contributed by atoms with Gasteiger partial charge in [0, 0.05) is 80.1 Å². The number of carbonyl (C=O) groups excluding carboxylic acids is 1. The third-order valence-corrected chi connectivity index (χ3v) is 6.84. The number of amides is 1. The maximum Gasteiger partial charge on any atom is 0.223 e. The molecule has 2 aliphatic heterocycles. The van der Waals surface area contributed by atoms with Gasteiger partial charge in [-0.2, -0.15) is 0 Å². The first-order chi connectivity index (χ1) is 16.7. The van der Waals surface area contributed by atoms with Gasteiger partial charge in [0.05, 0.1) is 18.9 Å². The highest BCUT2D eigenvalue weighted by atomic mass is 35.5. The molecular formula is C25H29ClN6O2. The van der Waals surface area contributed by atoms with E-state index in [-0.39, 0.29) is 11.8 Å². The molecule has 1 N–H and O–H groups in total. The number of morpholine rings is 1. The number of anilines is 1. The van der Waals surface area contributed by atoms with Crippen molar-refractivity contribution in [1.29, 1.82) is 0 Å². The van der Waals surface area contributed by atoms with Crippen LogP contribution in [0.2, 0.25) is 5.15 Å². The monoisotopic (exact) mass is 480 g/mol. The van der Waals surface area contributed by atoms with Crippen LogP contribution in [0.15, 0.2) is 42.9 Å². The lowest BCUT2D eigenvalue weighted by Crippen LogP contribution is -2.44. The minimum atomic E-state index is 0.0380. The number of hydrogen-bond donors (Lipinski definition) is 1. The summed E-state index contributed by atoms with van der Waals surface area (Å²) in [5.74, 6) is 1.13. The Kier molecular flexibility index (Phi) is 7.18. The number of halogens is 1. The summed E-state index contributed by atoms with van der Waals surface area (Å²) in [6.07, 6.45) is 6.97. The molecule has 1 amide bonds. The van der Waals surface area contributed by atoms with E-state index in [9.17, 15) is 4.79 Å². The number of carbonyl (C=O) groups is 1. The molecule has 8 nitrogen and oxygen atoms in total. The number of nitrogens with zero attached hydrogens (tertiary/aromatic N) is 5. The molecule has 0 aromatic carbocycles. The molecular weight excluding hydrogens is 452 g/mol. The number of fused-ring (bicyclic) bond motifs is 1. The third-order valence-electron chi connectivity index (χ3n) is 6.63. The van der Waals surface area contributed by atoms with Crippen molar-refractivity contribution in [2.45, 2.75) is 12.8 Å². The fourth-order valence-electron chi connectivity index (χ4n) is 4.69. The first-order valence-electron chi connectivity index (χ1n) is 11.9. The topological polar surface area (TPSA) is 83.5 Å². The van der Waals surface area contributed by atoms with Crippen LogP contribution in [0.5, 0.6) is 0 Å². The molecule has 2 aliphatic rings. The molecule has 5 heterocycles. The highest BCUT2D eigenvalue weighted by molar-refractivity contribution is 6.29. The Morgan fingerprint density at radius 2 is 1.94 bits per heavy atom. The van der Waals surface area contributed by atoms with Crippen LogP contribution in [0.1, 0.15) is 12.8 Å². The van der Waals surface area contributed by atoms with Gasteiger partial charge in [0.25, 0.3) is 0 Å². The molecule has 0 radical (unpaired) electrons. The Hall–Kier alpha value is -2.81. The van der Waals surface area contributed by atoms with Crippen molar-refractivity contribution >= 4 is 34.1 Å². The quantitative estimate of drug-likeness (QED) is 0.543. The Balaban J connectivity index is 1.25. The second kappa shape index (κ2) is 10.6. The number of aromatic nitrogens is 3. The van der Waals surface area contributed by atoms with Gasteiger partial charge in [-0.3, -0.25) is 14.7 Å². The summed E-state index contributed by atoms with van der Waals surface area (Å²) in [5.41, 5.74) is 1.75. The molecule has 3 aromatic heterocycles. The van der Waals surface area contributed by atoms with Crippen LogP contribution in [0.3, 0.4) is 0 Å². The van der Waals surface area contributed by atoms with Crippen molar-refractivity contribution < 1.29 is 9.53 Å². The number of pyridine rings is 3. The Morgan fingerprint density at radius 1 is 1.12 bits per heavy atom. The van der Waals surface area contributed by atoms with E-state index in [1.54, 1.807) is 12.4 Å². The van der Waals surface area contributed by atoms with Gasteiger partial charge in [0.1, 0.15) is 11.0 Å². The van der Waals surface area contributed by atoms with Gasteiger partial charge in [0.2, 0.25) is 5.91 Å². The predicted octanol–water partition coefficient (Wildman–Crippen LogP) is 3.01. The van der Waals surface area contributed by atoms with E-state index in [0.717, 1.165) is 86.6 Å². The molecule has 0 atom stereocenters. The number of nitrogens with one attached hydrogen (secondary N) is 1. The average molecular weight is 481 g/mol. The normalized spacial score (nSPS) is 17.7. The van der Waals surface area contributed by atoms with Gasteiger partial charge in [-0.15, -0.1) is 0 Å². The van der Waals surface area contributed by atoms with Gasteiger partial charge < -0.3 is 15.0 Å². The zero-order chi connectivity index (χ0) is 23.3. The van der Waals surface area contributed by atoms with Crippen molar-refractivity contribution in [2.75, 3.05) is 57.4 Å². The van der Waals surface area contributed by atoms with Crippen LogP contribution < -0.4 is 10.2 Å². The molecule has 178 valence electrons. The summed E-state index contributed by atoms with van der Waals surface area (Å²) in [6.45, 7) is 6.57. The van der Waals surface area contributed by atoms with Crippen molar-refractivity contribution in [1.82, 2.24) is 25.2 Å². The van der Waals surface area contributed by atoms with Crippen LogP contribution in [0.25, 0.3) is 22.0 Å². The lowest BCUT2D eigenvalue weighted by atomic mass is 9.95. The van der Waals surface area contributed by atoms with Crippen LogP contribution in [0, 0.1) is 5.92 Å². The third kappa shape index (κ3) is 5.29. The molecule has 0 saturated carbocycles. The molecule has 5 rings (SSSR count). The molecule has 2 saturated heterocycles. The first kappa shape index (κ1) is 23.0. The fourth-order valence-corrected chi connectivity index (χ4v) is 4.86.